The van der Waals surface area contributed by atoms with Crippen LogP contribution in [0.4, 0.5) is 0 Å². The van der Waals surface area contributed by atoms with Crippen molar-refractivity contribution in [3.8, 4) is 11.5 Å². The zero-order valence-electron chi connectivity index (χ0n) is 14.1. The first-order valence-electron chi connectivity index (χ1n) is 7.53. The number of thiophene rings is 1. The van der Waals surface area contributed by atoms with E-state index in [4.69, 9.17) is 21.7 Å². The first-order valence-corrected chi connectivity index (χ1v) is 8.81. The molecule has 0 aliphatic carbocycles. The van der Waals surface area contributed by atoms with E-state index in [1.54, 1.807) is 36.5 Å². The number of hydrogen-bond acceptors (Lipinski definition) is 6. The molecule has 8 heteroatoms. The van der Waals surface area contributed by atoms with E-state index in [9.17, 15) is 4.79 Å². The van der Waals surface area contributed by atoms with Crippen LogP contribution in [0.3, 0.4) is 0 Å². The van der Waals surface area contributed by atoms with Crippen LogP contribution in [0.1, 0.15) is 29.1 Å². The highest BCUT2D eigenvalue weighted by Crippen LogP contribution is 2.28. The quantitative estimate of drug-likeness (QED) is 0.265. The van der Waals surface area contributed by atoms with Gasteiger partial charge in [0.05, 0.1) is 13.3 Å². The minimum atomic E-state index is -0.415. The van der Waals surface area contributed by atoms with Gasteiger partial charge in [-0.3, -0.25) is 5.43 Å². The lowest BCUT2D eigenvalue weighted by Crippen LogP contribution is -2.36. The van der Waals surface area contributed by atoms with Crippen molar-refractivity contribution < 1.29 is 14.3 Å². The van der Waals surface area contributed by atoms with Crippen LogP contribution in [0.15, 0.2) is 40.8 Å². The van der Waals surface area contributed by atoms with Gasteiger partial charge in [0, 0.05) is 6.04 Å². The number of hydrazone groups is 1. The fourth-order valence-corrected chi connectivity index (χ4v) is 2.74. The molecule has 0 bridgehead atoms. The molecular formula is C17H19N3O3S2. The number of carbonyl (C=O) groups excluding carboxylic acids is 1. The third-order valence-electron chi connectivity index (χ3n) is 2.91. The molecule has 2 aromatic rings. The van der Waals surface area contributed by atoms with Crippen molar-refractivity contribution in [2.45, 2.75) is 19.9 Å². The van der Waals surface area contributed by atoms with Crippen LogP contribution in [0.25, 0.3) is 0 Å². The van der Waals surface area contributed by atoms with Crippen LogP contribution >= 0.6 is 23.6 Å². The zero-order chi connectivity index (χ0) is 18.2. The number of hydrogen-bond donors (Lipinski definition) is 2. The highest BCUT2D eigenvalue weighted by atomic mass is 32.1. The van der Waals surface area contributed by atoms with Crippen LogP contribution in [0.2, 0.25) is 0 Å². The SMILES string of the molecule is COc1cc(/C=N\NC(=S)NC(C)C)ccc1OC(=O)c1cccs1. The minimum absolute atomic E-state index is 0.229. The first kappa shape index (κ1) is 18.9. The Morgan fingerprint density at radius 2 is 2.12 bits per heavy atom. The Labute approximate surface area is 155 Å². The normalized spacial score (nSPS) is 10.7. The summed E-state index contributed by atoms with van der Waals surface area (Å²) in [5.41, 5.74) is 3.50. The molecule has 6 nitrogen and oxygen atoms in total. The van der Waals surface area contributed by atoms with Gasteiger partial charge in [0.25, 0.3) is 0 Å². The average Bonchev–Trinajstić information content (AvgIpc) is 3.10. The van der Waals surface area contributed by atoms with Gasteiger partial charge in [0.2, 0.25) is 0 Å². The molecule has 0 unspecified atom stereocenters. The maximum absolute atomic E-state index is 12.0. The van der Waals surface area contributed by atoms with Gasteiger partial charge in [0.15, 0.2) is 16.6 Å². The van der Waals surface area contributed by atoms with Gasteiger partial charge in [-0.25, -0.2) is 4.79 Å². The molecule has 0 aliphatic heterocycles. The van der Waals surface area contributed by atoms with E-state index < -0.39 is 5.97 Å². The number of methoxy groups -OCH3 is 1. The van der Waals surface area contributed by atoms with Crippen LogP contribution in [0.5, 0.6) is 11.5 Å². The van der Waals surface area contributed by atoms with E-state index in [0.29, 0.717) is 21.5 Å². The minimum Gasteiger partial charge on any atom is -0.493 e. The van der Waals surface area contributed by atoms with Crippen molar-refractivity contribution in [1.29, 1.82) is 0 Å². The number of rotatable bonds is 6. The van der Waals surface area contributed by atoms with E-state index in [1.807, 2.05) is 19.2 Å². The Bertz CT molecular complexity index is 759. The second-order valence-corrected chi connectivity index (χ2v) is 6.63. The monoisotopic (exact) mass is 377 g/mol. The Morgan fingerprint density at radius 3 is 2.76 bits per heavy atom. The predicted octanol–water partition coefficient (Wildman–Crippen LogP) is 3.18. The zero-order valence-corrected chi connectivity index (χ0v) is 15.7. The summed E-state index contributed by atoms with van der Waals surface area (Å²) in [5, 5.41) is 9.34. The van der Waals surface area contributed by atoms with Crippen molar-refractivity contribution in [3.05, 3.63) is 46.2 Å². The molecule has 25 heavy (non-hydrogen) atoms. The van der Waals surface area contributed by atoms with Crippen molar-refractivity contribution >= 4 is 40.9 Å². The topological polar surface area (TPSA) is 71.9 Å². The van der Waals surface area contributed by atoms with E-state index in [0.717, 1.165) is 5.56 Å². The highest BCUT2D eigenvalue weighted by Gasteiger charge is 2.13. The summed E-state index contributed by atoms with van der Waals surface area (Å²) in [6.07, 6.45) is 1.60. The number of nitrogens with one attached hydrogen (secondary N) is 2. The van der Waals surface area contributed by atoms with E-state index in [-0.39, 0.29) is 6.04 Å². The largest absolute Gasteiger partial charge is 0.493 e. The second-order valence-electron chi connectivity index (χ2n) is 5.28. The average molecular weight is 377 g/mol. The number of thiocarbonyl (C=S) groups is 1. The number of ether oxygens (including phenoxy) is 2. The van der Waals surface area contributed by atoms with Gasteiger partial charge >= 0.3 is 5.97 Å². The van der Waals surface area contributed by atoms with Gasteiger partial charge in [-0.1, -0.05) is 6.07 Å². The molecule has 0 spiro atoms. The van der Waals surface area contributed by atoms with Gasteiger partial charge in [-0.2, -0.15) is 5.10 Å². The van der Waals surface area contributed by atoms with Gasteiger partial charge in [0.1, 0.15) is 4.88 Å². The summed E-state index contributed by atoms with van der Waals surface area (Å²) >= 11 is 6.41. The fourth-order valence-electron chi connectivity index (χ4n) is 1.85. The van der Waals surface area contributed by atoms with Gasteiger partial charge in [-0.15, -0.1) is 11.3 Å². The summed E-state index contributed by atoms with van der Waals surface area (Å²) in [6, 6.07) is 8.89. The molecule has 0 radical (unpaired) electrons. The highest BCUT2D eigenvalue weighted by molar-refractivity contribution is 7.80. The summed E-state index contributed by atoms with van der Waals surface area (Å²) in [7, 11) is 1.51. The number of benzene rings is 1. The third-order valence-corrected chi connectivity index (χ3v) is 3.97. The molecule has 0 fully saturated rings. The molecule has 1 heterocycles. The molecule has 0 saturated heterocycles. The van der Waals surface area contributed by atoms with Gasteiger partial charge in [-0.05, 0) is 61.3 Å². The van der Waals surface area contributed by atoms with Crippen LogP contribution in [0, 0.1) is 0 Å². The molecular weight excluding hydrogens is 358 g/mol. The molecule has 0 aliphatic rings. The standard InChI is InChI=1S/C17H19N3O3S2/c1-11(2)19-17(24)20-18-10-12-6-7-13(14(9-12)22-3)23-16(21)15-5-4-8-25-15/h4-11H,1-3H3,(H2,19,20,24)/b18-10-. The summed E-state index contributed by atoms with van der Waals surface area (Å²) in [4.78, 5) is 12.6. The molecule has 0 atom stereocenters. The summed E-state index contributed by atoms with van der Waals surface area (Å²) < 4.78 is 10.7. The molecule has 2 N–H and O–H groups in total. The summed E-state index contributed by atoms with van der Waals surface area (Å²) in [5.74, 6) is 0.376. The molecule has 132 valence electrons. The Kier molecular flexibility index (Phi) is 6.91. The van der Waals surface area contributed by atoms with E-state index >= 15 is 0 Å². The van der Waals surface area contributed by atoms with Crippen molar-refractivity contribution in [3.63, 3.8) is 0 Å². The summed E-state index contributed by atoms with van der Waals surface area (Å²) in [6.45, 7) is 3.97. The van der Waals surface area contributed by atoms with Crippen molar-refractivity contribution in [2.24, 2.45) is 5.10 Å². The second kappa shape index (κ2) is 9.14. The Morgan fingerprint density at radius 1 is 1.32 bits per heavy atom. The predicted molar refractivity (Wildman–Crippen MR) is 104 cm³/mol. The number of nitrogens with zero attached hydrogens (tertiary/aromatic N) is 1. The molecule has 1 aromatic carbocycles. The van der Waals surface area contributed by atoms with Crippen LogP contribution in [-0.2, 0) is 0 Å². The molecule has 2 rings (SSSR count). The smallest absolute Gasteiger partial charge is 0.353 e. The van der Waals surface area contributed by atoms with Crippen molar-refractivity contribution in [1.82, 2.24) is 10.7 Å². The lowest BCUT2D eigenvalue weighted by molar-refractivity contribution is 0.0735. The van der Waals surface area contributed by atoms with E-state index in [2.05, 4.69) is 15.8 Å². The number of esters is 1. The Balaban J connectivity index is 2.03. The third kappa shape index (κ3) is 5.84. The lowest BCUT2D eigenvalue weighted by Gasteiger charge is -2.10. The fraction of sp³-hybridized carbons (Fsp3) is 0.235. The first-order chi connectivity index (χ1) is 12.0. The van der Waals surface area contributed by atoms with Crippen LogP contribution < -0.4 is 20.2 Å². The lowest BCUT2D eigenvalue weighted by atomic mass is 10.2. The van der Waals surface area contributed by atoms with E-state index in [1.165, 1.54) is 18.4 Å². The van der Waals surface area contributed by atoms with Crippen molar-refractivity contribution in [2.75, 3.05) is 7.11 Å². The maximum atomic E-state index is 12.0. The van der Waals surface area contributed by atoms with Crippen LogP contribution in [-0.4, -0.2) is 30.4 Å². The Hall–Kier alpha value is -2.45. The number of carbonyl (C=O) groups is 1. The molecule has 0 amide bonds. The van der Waals surface area contributed by atoms with Gasteiger partial charge < -0.3 is 14.8 Å². The molecule has 1 aromatic heterocycles. The molecule has 0 saturated carbocycles. The maximum Gasteiger partial charge on any atom is 0.353 e.